The zero-order chi connectivity index (χ0) is 20.6. The maximum absolute atomic E-state index is 14.2. The van der Waals surface area contributed by atoms with Crippen LogP contribution in [0.15, 0.2) is 66.1 Å². The quantitative estimate of drug-likeness (QED) is 0.692. The summed E-state index contributed by atoms with van der Waals surface area (Å²) in [6.07, 6.45) is 2.87. The first-order valence-electron chi connectivity index (χ1n) is 9.09. The Morgan fingerprint density at radius 3 is 2.55 bits per heavy atom. The van der Waals surface area contributed by atoms with E-state index in [-0.39, 0.29) is 29.7 Å². The number of benzene rings is 2. The number of hydrogen-bond acceptors (Lipinski definition) is 4. The summed E-state index contributed by atoms with van der Waals surface area (Å²) in [5, 5.41) is 2.97. The molecule has 1 N–H and O–H groups in total. The number of halogens is 2. The van der Waals surface area contributed by atoms with E-state index in [1.165, 1.54) is 16.8 Å². The number of rotatable bonds is 5. The van der Waals surface area contributed by atoms with Crippen LogP contribution in [-0.2, 0) is 17.1 Å². The van der Waals surface area contributed by atoms with Crippen LogP contribution in [0.1, 0.15) is 11.5 Å². The third-order valence-electron chi connectivity index (χ3n) is 5.07. The van der Waals surface area contributed by atoms with Crippen molar-refractivity contribution in [2.45, 2.75) is 17.0 Å². The first-order chi connectivity index (χ1) is 13.8. The fourth-order valence-electron chi connectivity index (χ4n) is 3.61. The molecule has 0 bridgehead atoms. The molecule has 0 aliphatic carbocycles. The van der Waals surface area contributed by atoms with Crippen molar-refractivity contribution in [2.24, 2.45) is 7.05 Å². The number of anilines is 1. The van der Waals surface area contributed by atoms with Gasteiger partial charge in [0.05, 0.1) is 12.0 Å². The molecule has 152 valence electrons. The predicted molar refractivity (Wildman–Crippen MR) is 105 cm³/mol. The Bertz CT molecular complexity index is 1120. The van der Waals surface area contributed by atoms with Gasteiger partial charge in [-0.15, -0.1) is 0 Å². The zero-order valence-electron chi connectivity index (χ0n) is 15.7. The van der Waals surface area contributed by atoms with Gasteiger partial charge in [-0.3, -0.25) is 0 Å². The van der Waals surface area contributed by atoms with Crippen molar-refractivity contribution in [1.82, 2.24) is 13.9 Å². The van der Waals surface area contributed by atoms with E-state index in [0.717, 1.165) is 23.8 Å². The van der Waals surface area contributed by atoms with Gasteiger partial charge in [0, 0.05) is 38.3 Å². The summed E-state index contributed by atoms with van der Waals surface area (Å²) in [6, 6.07) is 12.1. The summed E-state index contributed by atoms with van der Waals surface area (Å²) in [4.78, 5) is 3.97. The van der Waals surface area contributed by atoms with Crippen molar-refractivity contribution in [2.75, 3.05) is 18.4 Å². The number of nitrogens with zero attached hydrogens (tertiary/aromatic N) is 3. The summed E-state index contributed by atoms with van der Waals surface area (Å²) in [6.45, 7) is 0.311. The van der Waals surface area contributed by atoms with Crippen molar-refractivity contribution in [3.05, 3.63) is 78.3 Å². The Morgan fingerprint density at radius 2 is 1.86 bits per heavy atom. The molecule has 2 atom stereocenters. The Kier molecular flexibility index (Phi) is 5.10. The molecule has 2 heterocycles. The molecule has 1 fully saturated rings. The Morgan fingerprint density at radius 1 is 1.10 bits per heavy atom. The van der Waals surface area contributed by atoms with Crippen LogP contribution in [0.4, 0.5) is 14.5 Å². The van der Waals surface area contributed by atoms with Gasteiger partial charge in [-0.25, -0.2) is 22.2 Å². The van der Waals surface area contributed by atoms with Crippen molar-refractivity contribution in [3.8, 4) is 0 Å². The highest BCUT2D eigenvalue weighted by molar-refractivity contribution is 7.89. The SMILES string of the molecule is Cn1cnc(S(=O)(=O)N2C[C@@H](Nc3cc(F)ccc3F)[C@H](c3ccccc3)C2)c1. The summed E-state index contributed by atoms with van der Waals surface area (Å²) in [5.74, 6) is -1.40. The summed E-state index contributed by atoms with van der Waals surface area (Å²) in [7, 11) is -2.11. The smallest absolute Gasteiger partial charge is 0.262 e. The highest BCUT2D eigenvalue weighted by Crippen LogP contribution is 2.33. The average Bonchev–Trinajstić information content (AvgIpc) is 3.33. The van der Waals surface area contributed by atoms with Crippen LogP contribution in [0.5, 0.6) is 0 Å². The molecule has 0 amide bonds. The Labute approximate surface area is 167 Å². The Hall–Kier alpha value is -2.78. The highest BCUT2D eigenvalue weighted by atomic mass is 32.2. The van der Waals surface area contributed by atoms with Crippen molar-refractivity contribution in [1.29, 1.82) is 0 Å². The minimum absolute atomic E-state index is 0.00742. The number of hydrogen-bond donors (Lipinski definition) is 1. The molecular formula is C20H20F2N4O2S. The molecule has 0 radical (unpaired) electrons. The second-order valence-electron chi connectivity index (χ2n) is 7.09. The lowest BCUT2D eigenvalue weighted by molar-refractivity contribution is 0.468. The molecule has 6 nitrogen and oxygen atoms in total. The van der Waals surface area contributed by atoms with Crippen LogP contribution in [0, 0.1) is 11.6 Å². The van der Waals surface area contributed by atoms with Gasteiger partial charge in [0.2, 0.25) is 0 Å². The highest BCUT2D eigenvalue weighted by Gasteiger charge is 2.41. The van der Waals surface area contributed by atoms with Crippen molar-refractivity contribution in [3.63, 3.8) is 0 Å². The van der Waals surface area contributed by atoms with Crippen molar-refractivity contribution < 1.29 is 17.2 Å². The molecule has 9 heteroatoms. The van der Waals surface area contributed by atoms with Gasteiger partial charge in [0.1, 0.15) is 11.6 Å². The van der Waals surface area contributed by atoms with E-state index < -0.39 is 27.7 Å². The van der Waals surface area contributed by atoms with Crippen LogP contribution in [0.25, 0.3) is 0 Å². The van der Waals surface area contributed by atoms with E-state index in [4.69, 9.17) is 0 Å². The summed E-state index contributed by atoms with van der Waals surface area (Å²) in [5.41, 5.74) is 0.925. The van der Waals surface area contributed by atoms with E-state index in [1.807, 2.05) is 30.3 Å². The third-order valence-corrected chi connectivity index (χ3v) is 6.79. The molecule has 3 aromatic rings. The molecular weight excluding hydrogens is 398 g/mol. The standard InChI is InChI=1S/C20H20F2N4O2S/c1-25-12-20(23-13-25)29(27,28)26-10-16(14-5-3-2-4-6-14)19(11-26)24-18-9-15(21)7-8-17(18)22/h2-9,12-13,16,19,24H,10-11H2,1H3/t16-,19+/m0/s1. The molecule has 0 saturated carbocycles. The summed E-state index contributed by atoms with van der Waals surface area (Å²) < 4.78 is 56.7. The van der Waals surface area contributed by atoms with Gasteiger partial charge in [-0.05, 0) is 23.8 Å². The molecule has 1 saturated heterocycles. The Balaban J connectivity index is 1.67. The summed E-state index contributed by atoms with van der Waals surface area (Å²) >= 11 is 0. The topological polar surface area (TPSA) is 67.2 Å². The van der Waals surface area contributed by atoms with Gasteiger partial charge in [-0.2, -0.15) is 4.31 Å². The first kappa shape index (κ1) is 19.5. The van der Waals surface area contributed by atoms with Crippen LogP contribution in [0.2, 0.25) is 0 Å². The predicted octanol–water partition coefficient (Wildman–Crippen LogP) is 2.97. The lowest BCUT2D eigenvalue weighted by atomic mass is 9.94. The minimum atomic E-state index is -3.81. The van der Waals surface area contributed by atoms with Gasteiger partial charge in [0.25, 0.3) is 10.0 Å². The van der Waals surface area contributed by atoms with Crippen LogP contribution >= 0.6 is 0 Å². The zero-order valence-corrected chi connectivity index (χ0v) is 16.5. The number of nitrogens with one attached hydrogen (secondary N) is 1. The lowest BCUT2D eigenvalue weighted by Gasteiger charge is -2.21. The van der Waals surface area contributed by atoms with Crippen LogP contribution in [-0.4, -0.2) is 41.4 Å². The van der Waals surface area contributed by atoms with Crippen LogP contribution < -0.4 is 5.32 Å². The molecule has 2 aromatic carbocycles. The van der Waals surface area contributed by atoms with Crippen LogP contribution in [0.3, 0.4) is 0 Å². The second-order valence-corrected chi connectivity index (χ2v) is 8.98. The second kappa shape index (κ2) is 7.57. The maximum Gasteiger partial charge on any atom is 0.262 e. The third kappa shape index (κ3) is 3.88. The fraction of sp³-hybridized carbons (Fsp3) is 0.250. The number of aryl methyl sites for hydroxylation is 1. The largest absolute Gasteiger partial charge is 0.378 e. The van der Waals surface area contributed by atoms with Gasteiger partial charge in [-0.1, -0.05) is 30.3 Å². The van der Waals surface area contributed by atoms with Crippen molar-refractivity contribution >= 4 is 15.7 Å². The minimum Gasteiger partial charge on any atom is -0.378 e. The van der Waals surface area contributed by atoms with E-state index in [1.54, 1.807) is 11.6 Å². The molecule has 1 aromatic heterocycles. The molecule has 29 heavy (non-hydrogen) atoms. The normalized spacial score (nSPS) is 20.1. The van der Waals surface area contributed by atoms with E-state index in [0.29, 0.717) is 0 Å². The molecule has 1 aliphatic heterocycles. The lowest BCUT2D eigenvalue weighted by Crippen LogP contribution is -2.32. The van der Waals surface area contributed by atoms with Gasteiger partial charge in [0.15, 0.2) is 5.03 Å². The number of sulfonamides is 1. The van der Waals surface area contributed by atoms with E-state index in [9.17, 15) is 17.2 Å². The maximum atomic E-state index is 14.2. The van der Waals surface area contributed by atoms with Gasteiger partial charge < -0.3 is 9.88 Å². The van der Waals surface area contributed by atoms with E-state index in [2.05, 4.69) is 10.3 Å². The molecule has 1 aliphatic rings. The average molecular weight is 418 g/mol. The fourth-order valence-corrected chi connectivity index (χ4v) is 5.07. The molecule has 0 spiro atoms. The molecule has 0 unspecified atom stereocenters. The monoisotopic (exact) mass is 418 g/mol. The molecule has 4 rings (SSSR count). The van der Waals surface area contributed by atoms with Gasteiger partial charge >= 0.3 is 0 Å². The van der Waals surface area contributed by atoms with E-state index >= 15 is 0 Å². The number of imidazole rings is 1. The number of aromatic nitrogens is 2. The first-order valence-corrected chi connectivity index (χ1v) is 10.5.